The topological polar surface area (TPSA) is 73.6 Å². The molecule has 6 nitrogen and oxygen atoms in total. The van der Waals surface area contributed by atoms with Crippen molar-refractivity contribution in [1.82, 2.24) is 9.71 Å². The van der Waals surface area contributed by atoms with Gasteiger partial charge in [-0.2, -0.15) is 4.73 Å². The van der Waals surface area contributed by atoms with Crippen molar-refractivity contribution in [3.63, 3.8) is 0 Å². The highest BCUT2D eigenvalue weighted by Crippen LogP contribution is 2.27. The van der Waals surface area contributed by atoms with Gasteiger partial charge in [0.1, 0.15) is 11.3 Å². The first-order valence-electron chi connectivity index (χ1n) is 6.76. The number of halogens is 1. The van der Waals surface area contributed by atoms with E-state index in [-0.39, 0.29) is 0 Å². The molecule has 0 aliphatic rings. The Labute approximate surface area is 136 Å². The number of carboxylic acids is 1. The minimum Gasteiger partial charge on any atom is -0.497 e. The lowest BCUT2D eigenvalue weighted by Gasteiger charge is -2.09. The van der Waals surface area contributed by atoms with Crippen LogP contribution in [0.1, 0.15) is 0 Å². The first-order chi connectivity index (χ1) is 11.1. The van der Waals surface area contributed by atoms with E-state index in [0.717, 1.165) is 5.56 Å². The van der Waals surface area contributed by atoms with Gasteiger partial charge in [-0.25, -0.2) is 9.78 Å². The quantitative estimate of drug-likeness (QED) is 0.777. The number of aliphatic carboxylic acids is 1. The molecule has 3 aromatic rings. The van der Waals surface area contributed by atoms with Crippen molar-refractivity contribution < 1.29 is 19.5 Å². The number of hydrogen-bond acceptors (Lipinski definition) is 4. The molecule has 0 bridgehead atoms. The number of aromatic nitrogens is 2. The van der Waals surface area contributed by atoms with E-state index in [1.807, 2.05) is 12.1 Å². The summed E-state index contributed by atoms with van der Waals surface area (Å²) in [6.45, 7) is -0.485. The lowest BCUT2D eigenvalue weighted by molar-refractivity contribution is -0.142. The van der Waals surface area contributed by atoms with Crippen molar-refractivity contribution in [1.29, 1.82) is 0 Å². The van der Waals surface area contributed by atoms with Crippen LogP contribution in [0.2, 0.25) is 5.02 Å². The molecule has 0 saturated heterocycles. The molecule has 23 heavy (non-hydrogen) atoms. The SMILES string of the molecule is COc1ccc(-c2nc3ccc(Cl)cc3n2OCC(=O)O)cc1. The molecule has 0 unspecified atom stereocenters. The molecule has 2 aromatic carbocycles. The Bertz CT molecular complexity index is 858. The van der Waals surface area contributed by atoms with Crippen LogP contribution in [0.4, 0.5) is 0 Å². The molecule has 3 rings (SSSR count). The average molecular weight is 333 g/mol. The molecule has 0 radical (unpaired) electrons. The van der Waals surface area contributed by atoms with E-state index in [1.54, 1.807) is 37.4 Å². The summed E-state index contributed by atoms with van der Waals surface area (Å²) in [5, 5.41) is 9.38. The first kappa shape index (κ1) is 15.2. The van der Waals surface area contributed by atoms with Gasteiger partial charge in [0.25, 0.3) is 0 Å². The highest BCUT2D eigenvalue weighted by molar-refractivity contribution is 6.31. The van der Waals surface area contributed by atoms with E-state index < -0.39 is 12.6 Å². The fourth-order valence-corrected chi connectivity index (χ4v) is 2.37. The summed E-state index contributed by atoms with van der Waals surface area (Å²) >= 11 is 6.02. The zero-order chi connectivity index (χ0) is 16.4. The van der Waals surface area contributed by atoms with E-state index >= 15 is 0 Å². The van der Waals surface area contributed by atoms with Gasteiger partial charge in [0, 0.05) is 10.6 Å². The second-order valence-electron chi connectivity index (χ2n) is 4.76. The number of ether oxygens (including phenoxy) is 1. The van der Waals surface area contributed by atoms with Gasteiger partial charge in [-0.05, 0) is 42.5 Å². The fraction of sp³-hybridized carbons (Fsp3) is 0.125. The van der Waals surface area contributed by atoms with Crippen molar-refractivity contribution in [2.75, 3.05) is 13.7 Å². The number of fused-ring (bicyclic) bond motifs is 1. The van der Waals surface area contributed by atoms with Crippen LogP contribution < -0.4 is 9.57 Å². The number of methoxy groups -OCH3 is 1. The van der Waals surface area contributed by atoms with Gasteiger partial charge >= 0.3 is 5.97 Å². The number of rotatable bonds is 5. The maximum atomic E-state index is 10.8. The smallest absolute Gasteiger partial charge is 0.344 e. The van der Waals surface area contributed by atoms with Crippen molar-refractivity contribution in [2.45, 2.75) is 0 Å². The molecule has 0 spiro atoms. The lowest BCUT2D eigenvalue weighted by Crippen LogP contribution is -2.20. The van der Waals surface area contributed by atoms with Gasteiger partial charge in [0.2, 0.25) is 6.61 Å². The maximum absolute atomic E-state index is 10.8. The summed E-state index contributed by atoms with van der Waals surface area (Å²) in [6, 6.07) is 12.4. The van der Waals surface area contributed by atoms with Crippen molar-refractivity contribution in [3.05, 3.63) is 47.5 Å². The number of benzene rings is 2. The third kappa shape index (κ3) is 3.07. The number of carboxylic acid groups (broad SMARTS) is 1. The highest BCUT2D eigenvalue weighted by atomic mass is 35.5. The Morgan fingerprint density at radius 1 is 1.26 bits per heavy atom. The van der Waals surface area contributed by atoms with Crippen LogP contribution in [-0.2, 0) is 4.79 Å². The van der Waals surface area contributed by atoms with Gasteiger partial charge in [-0.1, -0.05) is 11.6 Å². The van der Waals surface area contributed by atoms with Crippen LogP contribution in [0.5, 0.6) is 5.75 Å². The highest BCUT2D eigenvalue weighted by Gasteiger charge is 2.15. The number of imidazole rings is 1. The van der Waals surface area contributed by atoms with Crippen LogP contribution in [0.15, 0.2) is 42.5 Å². The standard InChI is InChI=1S/C16H13ClN2O4/c1-22-12-5-2-10(3-6-12)16-18-13-7-4-11(17)8-14(13)19(16)23-9-15(20)21/h2-8H,9H2,1H3,(H,20,21). The van der Waals surface area contributed by atoms with E-state index in [0.29, 0.717) is 27.6 Å². The van der Waals surface area contributed by atoms with Crippen molar-refractivity contribution in [2.24, 2.45) is 0 Å². The molecular weight excluding hydrogens is 320 g/mol. The van der Waals surface area contributed by atoms with Crippen LogP contribution in [0.25, 0.3) is 22.4 Å². The minimum atomic E-state index is -1.07. The third-order valence-electron chi connectivity index (χ3n) is 3.24. The van der Waals surface area contributed by atoms with Crippen LogP contribution in [0, 0.1) is 0 Å². The van der Waals surface area contributed by atoms with Crippen LogP contribution in [0.3, 0.4) is 0 Å². The largest absolute Gasteiger partial charge is 0.497 e. The summed E-state index contributed by atoms with van der Waals surface area (Å²) in [4.78, 5) is 20.7. The monoisotopic (exact) mass is 332 g/mol. The zero-order valence-electron chi connectivity index (χ0n) is 12.2. The molecule has 0 atom stereocenters. The molecule has 118 valence electrons. The van der Waals surface area contributed by atoms with E-state index in [4.69, 9.17) is 26.3 Å². The summed E-state index contributed by atoms with van der Waals surface area (Å²) in [5.74, 6) is 0.131. The Balaban J connectivity index is 2.13. The second-order valence-corrected chi connectivity index (χ2v) is 5.19. The molecule has 0 aliphatic heterocycles. The first-order valence-corrected chi connectivity index (χ1v) is 7.14. The number of nitrogens with zero attached hydrogens (tertiary/aromatic N) is 2. The molecule has 0 amide bonds. The fourth-order valence-electron chi connectivity index (χ4n) is 2.20. The Morgan fingerprint density at radius 3 is 2.65 bits per heavy atom. The van der Waals surface area contributed by atoms with Gasteiger partial charge in [0.05, 0.1) is 12.6 Å². The lowest BCUT2D eigenvalue weighted by atomic mass is 10.2. The maximum Gasteiger partial charge on any atom is 0.344 e. The predicted octanol–water partition coefficient (Wildman–Crippen LogP) is 2.88. The average Bonchev–Trinajstić information content (AvgIpc) is 2.90. The molecular formula is C16H13ClN2O4. The molecule has 1 aromatic heterocycles. The van der Waals surface area contributed by atoms with Gasteiger partial charge < -0.3 is 14.7 Å². The minimum absolute atomic E-state index is 0.485. The second kappa shape index (κ2) is 6.18. The number of hydrogen-bond donors (Lipinski definition) is 1. The molecule has 1 N–H and O–H groups in total. The van der Waals surface area contributed by atoms with E-state index in [1.165, 1.54) is 4.73 Å². The van der Waals surface area contributed by atoms with Crippen LogP contribution >= 0.6 is 11.6 Å². The Morgan fingerprint density at radius 2 is 2.00 bits per heavy atom. The Kier molecular flexibility index (Phi) is 4.08. The number of carbonyl (C=O) groups is 1. The predicted molar refractivity (Wildman–Crippen MR) is 85.8 cm³/mol. The zero-order valence-corrected chi connectivity index (χ0v) is 12.9. The third-order valence-corrected chi connectivity index (χ3v) is 3.48. The van der Waals surface area contributed by atoms with Gasteiger partial charge in [-0.3, -0.25) is 0 Å². The van der Waals surface area contributed by atoms with E-state index in [2.05, 4.69) is 4.98 Å². The van der Waals surface area contributed by atoms with Gasteiger partial charge in [0.15, 0.2) is 5.82 Å². The molecule has 0 aliphatic carbocycles. The van der Waals surface area contributed by atoms with Crippen molar-refractivity contribution in [3.8, 4) is 17.1 Å². The summed E-state index contributed by atoms with van der Waals surface area (Å²) in [6.07, 6.45) is 0. The molecule has 0 fully saturated rings. The molecule has 0 saturated carbocycles. The summed E-state index contributed by atoms with van der Waals surface area (Å²) in [5.41, 5.74) is 2.03. The summed E-state index contributed by atoms with van der Waals surface area (Å²) in [7, 11) is 1.59. The Hall–Kier alpha value is -2.73. The molecule has 7 heteroatoms. The van der Waals surface area contributed by atoms with E-state index in [9.17, 15) is 4.79 Å². The normalized spacial score (nSPS) is 10.7. The summed E-state index contributed by atoms with van der Waals surface area (Å²) < 4.78 is 6.52. The van der Waals surface area contributed by atoms with Gasteiger partial charge in [-0.15, -0.1) is 0 Å². The molecule has 1 heterocycles. The van der Waals surface area contributed by atoms with Crippen LogP contribution in [-0.4, -0.2) is 34.5 Å². The van der Waals surface area contributed by atoms with Crippen molar-refractivity contribution >= 4 is 28.6 Å².